The van der Waals surface area contributed by atoms with Crippen molar-refractivity contribution < 1.29 is 22.8 Å². The molecule has 1 N–H and O–H groups in total. The van der Waals surface area contributed by atoms with Gasteiger partial charge in [0.1, 0.15) is 5.82 Å². The fourth-order valence-corrected chi connectivity index (χ4v) is 4.15. The average molecular weight is 503 g/mol. The van der Waals surface area contributed by atoms with Gasteiger partial charge in [0.15, 0.2) is 0 Å². The highest BCUT2D eigenvalue weighted by molar-refractivity contribution is 6.33. The predicted octanol–water partition coefficient (Wildman–Crippen LogP) is 5.36. The van der Waals surface area contributed by atoms with E-state index in [1.165, 1.54) is 18.3 Å². The molecule has 1 fully saturated rings. The summed E-state index contributed by atoms with van der Waals surface area (Å²) < 4.78 is 39.6. The lowest BCUT2D eigenvalue weighted by atomic mass is 10.1. The molecular weight excluding hydrogens is 481 g/mol. The number of anilines is 2. The molecule has 3 aromatic rings. The molecule has 1 saturated heterocycles. The molecule has 0 aliphatic carbocycles. The van der Waals surface area contributed by atoms with Gasteiger partial charge in [-0.25, -0.2) is 4.98 Å². The molecule has 0 saturated carbocycles. The molecule has 0 atom stereocenters. The summed E-state index contributed by atoms with van der Waals surface area (Å²) in [7, 11) is 0. The third-order valence-electron chi connectivity index (χ3n) is 5.69. The number of nitrogens with zero attached hydrogens (tertiary/aromatic N) is 3. The highest BCUT2D eigenvalue weighted by Crippen LogP contribution is 2.32. The van der Waals surface area contributed by atoms with E-state index in [0.717, 1.165) is 18.6 Å². The lowest BCUT2D eigenvalue weighted by Gasteiger charge is -2.23. The maximum Gasteiger partial charge on any atom is 0.417 e. The Balaban J connectivity index is 1.40. The van der Waals surface area contributed by atoms with E-state index in [-0.39, 0.29) is 11.6 Å². The van der Waals surface area contributed by atoms with Crippen molar-refractivity contribution in [2.45, 2.75) is 12.6 Å². The minimum atomic E-state index is -4.63. The SMILES string of the molecule is O=C(Nc1ccc(N2CCCN(C(=O)c3ccccc3Cl)CC2)nc1)c1ccccc1C(F)(F)F. The molecule has 0 bridgehead atoms. The summed E-state index contributed by atoms with van der Waals surface area (Å²) in [6.07, 6.45) is -2.50. The van der Waals surface area contributed by atoms with Crippen LogP contribution in [-0.2, 0) is 6.18 Å². The van der Waals surface area contributed by atoms with Crippen LogP contribution < -0.4 is 10.2 Å². The van der Waals surface area contributed by atoms with Crippen LogP contribution in [0.4, 0.5) is 24.7 Å². The van der Waals surface area contributed by atoms with Gasteiger partial charge in [0.05, 0.1) is 33.6 Å². The monoisotopic (exact) mass is 502 g/mol. The number of pyridine rings is 1. The zero-order valence-corrected chi connectivity index (χ0v) is 19.3. The topological polar surface area (TPSA) is 65.5 Å². The minimum Gasteiger partial charge on any atom is -0.355 e. The van der Waals surface area contributed by atoms with Gasteiger partial charge in [0.2, 0.25) is 0 Å². The summed E-state index contributed by atoms with van der Waals surface area (Å²) in [5, 5.41) is 2.89. The molecule has 2 amide bonds. The summed E-state index contributed by atoms with van der Waals surface area (Å²) in [5.74, 6) is -0.343. The summed E-state index contributed by atoms with van der Waals surface area (Å²) in [6.45, 7) is 2.28. The molecule has 1 aromatic heterocycles. The van der Waals surface area contributed by atoms with E-state index in [1.807, 2.05) is 4.90 Å². The van der Waals surface area contributed by atoms with Crippen LogP contribution in [0.3, 0.4) is 0 Å². The van der Waals surface area contributed by atoms with E-state index >= 15 is 0 Å². The Morgan fingerprint density at radius 3 is 2.29 bits per heavy atom. The van der Waals surface area contributed by atoms with E-state index < -0.39 is 23.2 Å². The largest absolute Gasteiger partial charge is 0.417 e. The zero-order chi connectivity index (χ0) is 25.0. The third-order valence-corrected chi connectivity index (χ3v) is 6.02. The minimum absolute atomic E-state index is 0.123. The summed E-state index contributed by atoms with van der Waals surface area (Å²) in [4.78, 5) is 33.5. The molecule has 182 valence electrons. The van der Waals surface area contributed by atoms with Crippen LogP contribution in [0.5, 0.6) is 0 Å². The molecule has 0 spiro atoms. The molecule has 2 heterocycles. The van der Waals surface area contributed by atoms with Gasteiger partial charge in [-0.05, 0) is 42.8 Å². The van der Waals surface area contributed by atoms with Crippen molar-refractivity contribution in [1.29, 1.82) is 0 Å². The van der Waals surface area contributed by atoms with Gasteiger partial charge in [-0.15, -0.1) is 0 Å². The fraction of sp³-hybridized carbons (Fsp3) is 0.240. The number of aromatic nitrogens is 1. The van der Waals surface area contributed by atoms with E-state index in [4.69, 9.17) is 11.6 Å². The number of carbonyl (C=O) groups is 2. The summed E-state index contributed by atoms with van der Waals surface area (Å²) in [6, 6.07) is 14.8. The Morgan fingerprint density at radius 1 is 0.886 bits per heavy atom. The van der Waals surface area contributed by atoms with E-state index in [0.29, 0.717) is 42.6 Å². The molecule has 6 nitrogen and oxygen atoms in total. The second-order valence-electron chi connectivity index (χ2n) is 8.02. The number of hydrogen-bond donors (Lipinski definition) is 1. The van der Waals surface area contributed by atoms with Gasteiger partial charge >= 0.3 is 6.18 Å². The Bertz CT molecular complexity index is 1220. The van der Waals surface area contributed by atoms with Gasteiger partial charge < -0.3 is 15.1 Å². The first kappa shape index (κ1) is 24.5. The highest BCUT2D eigenvalue weighted by Gasteiger charge is 2.34. The van der Waals surface area contributed by atoms with E-state index in [1.54, 1.807) is 41.3 Å². The Morgan fingerprint density at radius 2 is 1.60 bits per heavy atom. The maximum atomic E-state index is 13.2. The lowest BCUT2D eigenvalue weighted by molar-refractivity contribution is -0.137. The zero-order valence-electron chi connectivity index (χ0n) is 18.6. The van der Waals surface area contributed by atoms with Crippen molar-refractivity contribution >= 4 is 34.9 Å². The van der Waals surface area contributed by atoms with Gasteiger partial charge in [-0.2, -0.15) is 13.2 Å². The maximum absolute atomic E-state index is 13.2. The van der Waals surface area contributed by atoms with Crippen molar-refractivity contribution in [1.82, 2.24) is 9.88 Å². The van der Waals surface area contributed by atoms with Crippen LogP contribution in [0.25, 0.3) is 0 Å². The summed E-state index contributed by atoms with van der Waals surface area (Å²) >= 11 is 6.17. The van der Waals surface area contributed by atoms with E-state index in [2.05, 4.69) is 10.3 Å². The average Bonchev–Trinajstić information content (AvgIpc) is 3.10. The van der Waals surface area contributed by atoms with Gasteiger partial charge in [0.25, 0.3) is 11.8 Å². The number of amides is 2. The molecule has 0 radical (unpaired) electrons. The Labute approximate surface area is 205 Å². The smallest absolute Gasteiger partial charge is 0.355 e. The first-order valence-electron chi connectivity index (χ1n) is 11.0. The molecule has 1 aliphatic heterocycles. The molecule has 10 heteroatoms. The second-order valence-corrected chi connectivity index (χ2v) is 8.42. The highest BCUT2D eigenvalue weighted by atomic mass is 35.5. The number of carbonyl (C=O) groups excluding carboxylic acids is 2. The third kappa shape index (κ3) is 5.74. The standard InChI is InChI=1S/C25H22ClF3N4O2/c26-21-9-4-2-7-19(21)24(35)33-13-5-12-32(14-15-33)22-11-10-17(16-30-22)31-23(34)18-6-1-3-8-20(18)25(27,28)29/h1-4,6-11,16H,5,12-15H2,(H,31,34). The van der Waals surface area contributed by atoms with Crippen molar-refractivity contribution in [2.24, 2.45) is 0 Å². The predicted molar refractivity (Wildman–Crippen MR) is 128 cm³/mol. The first-order valence-corrected chi connectivity index (χ1v) is 11.3. The molecular formula is C25H22ClF3N4O2. The van der Waals surface area contributed by atoms with Crippen LogP contribution in [0.1, 0.15) is 32.7 Å². The molecule has 1 aliphatic rings. The number of halogens is 4. The molecule has 0 unspecified atom stereocenters. The van der Waals surface area contributed by atoms with Crippen LogP contribution in [0, 0.1) is 0 Å². The normalized spacial score (nSPS) is 14.4. The number of rotatable bonds is 4. The van der Waals surface area contributed by atoms with E-state index in [9.17, 15) is 22.8 Å². The van der Waals surface area contributed by atoms with Crippen LogP contribution in [0.15, 0.2) is 66.9 Å². The molecule has 35 heavy (non-hydrogen) atoms. The molecule has 2 aromatic carbocycles. The first-order chi connectivity index (χ1) is 16.7. The van der Waals surface area contributed by atoms with Crippen molar-refractivity contribution in [2.75, 3.05) is 36.4 Å². The van der Waals surface area contributed by atoms with Gasteiger partial charge in [-0.3, -0.25) is 9.59 Å². The lowest BCUT2D eigenvalue weighted by Crippen LogP contribution is -2.35. The molecule has 4 rings (SSSR count). The second kappa shape index (κ2) is 10.4. The van der Waals surface area contributed by atoms with Crippen molar-refractivity contribution in [3.8, 4) is 0 Å². The van der Waals surface area contributed by atoms with Crippen molar-refractivity contribution in [3.05, 3.63) is 88.6 Å². The van der Waals surface area contributed by atoms with Crippen LogP contribution in [-0.4, -0.2) is 47.9 Å². The van der Waals surface area contributed by atoms with Crippen LogP contribution >= 0.6 is 11.6 Å². The van der Waals surface area contributed by atoms with Crippen molar-refractivity contribution in [3.63, 3.8) is 0 Å². The summed E-state index contributed by atoms with van der Waals surface area (Å²) in [5.41, 5.74) is -0.712. The van der Waals surface area contributed by atoms with Gasteiger partial charge in [0, 0.05) is 26.2 Å². The number of nitrogens with one attached hydrogen (secondary N) is 1. The Kier molecular flexibility index (Phi) is 7.25. The Hall–Kier alpha value is -3.59. The number of benzene rings is 2. The van der Waals surface area contributed by atoms with Crippen LogP contribution in [0.2, 0.25) is 5.02 Å². The fourth-order valence-electron chi connectivity index (χ4n) is 3.93. The quantitative estimate of drug-likeness (QED) is 0.522. The van der Waals surface area contributed by atoms with Gasteiger partial charge in [-0.1, -0.05) is 35.9 Å². The number of hydrogen-bond acceptors (Lipinski definition) is 4. The number of alkyl halides is 3.